The number of carbonyl (C=O) groups is 3. The minimum Gasteiger partial charge on any atom is -0.496 e. The van der Waals surface area contributed by atoms with Crippen LogP contribution in [-0.2, 0) is 22.7 Å². The van der Waals surface area contributed by atoms with E-state index < -0.39 is 5.91 Å². The maximum Gasteiger partial charge on any atom is 0.274 e. The molecule has 53 heavy (non-hydrogen) atoms. The number of anilines is 1. The molecule has 0 spiro atoms. The molecule has 0 radical (unpaired) electrons. The van der Waals surface area contributed by atoms with E-state index in [4.69, 9.17) is 37.7 Å². The van der Waals surface area contributed by atoms with Crippen molar-refractivity contribution < 1.29 is 23.9 Å². The third-order valence-electron chi connectivity index (χ3n) is 9.51. The maximum atomic E-state index is 13.4. The number of pyridine rings is 3. The number of rotatable bonds is 13. The van der Waals surface area contributed by atoms with Gasteiger partial charge in [-0.3, -0.25) is 24.4 Å². The van der Waals surface area contributed by atoms with Crippen LogP contribution in [-0.4, -0.2) is 83.5 Å². The van der Waals surface area contributed by atoms with Gasteiger partial charge in [-0.15, -0.1) is 0 Å². The van der Waals surface area contributed by atoms with Crippen LogP contribution in [0.3, 0.4) is 0 Å². The Morgan fingerprint density at radius 3 is 2.49 bits per heavy atom. The highest BCUT2D eigenvalue weighted by atomic mass is 35.5. The summed E-state index contributed by atoms with van der Waals surface area (Å²) < 4.78 is 11.2. The van der Waals surface area contributed by atoms with Crippen LogP contribution in [0.1, 0.15) is 54.2 Å². The SMILES string of the molecule is COc1cc(C(=O)Nc2cccc(-c3nccc(-c4ccc(CNC[C@H]5CCC(=O)N5)c(OC)n4)c3Cl)c2Cl)ncc1CNC1CCN(C(C)=O)CC1. The van der Waals surface area contributed by atoms with E-state index in [1.165, 1.54) is 0 Å². The number of piperidine rings is 1. The third kappa shape index (κ3) is 9.05. The van der Waals surface area contributed by atoms with Gasteiger partial charge in [0.2, 0.25) is 17.7 Å². The van der Waals surface area contributed by atoms with Crippen LogP contribution in [0, 0.1) is 0 Å². The fourth-order valence-corrected chi connectivity index (χ4v) is 7.11. The lowest BCUT2D eigenvalue weighted by Gasteiger charge is -2.31. The van der Waals surface area contributed by atoms with Crippen LogP contribution in [0.4, 0.5) is 5.69 Å². The molecule has 1 atom stereocenters. The number of halogens is 2. The zero-order chi connectivity index (χ0) is 37.5. The molecule has 0 aliphatic carbocycles. The molecule has 278 valence electrons. The Morgan fingerprint density at radius 1 is 0.962 bits per heavy atom. The number of benzene rings is 1. The fraction of sp³-hybridized carbons (Fsp3) is 0.368. The molecule has 3 amide bonds. The monoisotopic (exact) mass is 760 g/mol. The highest BCUT2D eigenvalue weighted by molar-refractivity contribution is 6.39. The van der Waals surface area contributed by atoms with Gasteiger partial charge in [-0.2, -0.15) is 0 Å². The molecule has 3 aromatic heterocycles. The normalized spacial score (nSPS) is 16.0. The first-order chi connectivity index (χ1) is 25.6. The van der Waals surface area contributed by atoms with Gasteiger partial charge in [0, 0.05) is 98.9 Å². The summed E-state index contributed by atoms with van der Waals surface area (Å²) in [5.41, 5.74) is 4.33. The Bertz CT molecular complexity index is 1990. The predicted octanol–water partition coefficient (Wildman–Crippen LogP) is 5.25. The van der Waals surface area contributed by atoms with Gasteiger partial charge in [-0.25, -0.2) is 4.98 Å². The van der Waals surface area contributed by atoms with E-state index in [0.717, 1.165) is 43.5 Å². The van der Waals surface area contributed by atoms with Crippen LogP contribution in [0.25, 0.3) is 22.5 Å². The summed E-state index contributed by atoms with van der Waals surface area (Å²) in [6.45, 7) is 4.72. The fourth-order valence-electron chi connectivity index (χ4n) is 6.53. The summed E-state index contributed by atoms with van der Waals surface area (Å²) in [7, 11) is 3.11. The molecular weight excluding hydrogens is 719 g/mol. The zero-order valence-electron chi connectivity index (χ0n) is 29.8. The van der Waals surface area contributed by atoms with E-state index in [0.29, 0.717) is 70.9 Å². The molecule has 0 unspecified atom stereocenters. The van der Waals surface area contributed by atoms with E-state index in [-0.39, 0.29) is 34.6 Å². The van der Waals surface area contributed by atoms with Crippen molar-refractivity contribution in [1.82, 2.24) is 35.8 Å². The van der Waals surface area contributed by atoms with Crippen molar-refractivity contribution in [3.05, 3.63) is 81.7 Å². The molecule has 2 aliphatic heterocycles. The van der Waals surface area contributed by atoms with Crippen LogP contribution < -0.4 is 30.7 Å². The Balaban J connectivity index is 1.13. The van der Waals surface area contributed by atoms with Gasteiger partial charge in [-0.05, 0) is 37.5 Å². The average Bonchev–Trinajstić information content (AvgIpc) is 3.59. The maximum absolute atomic E-state index is 13.4. The van der Waals surface area contributed by atoms with Gasteiger partial charge in [-0.1, -0.05) is 41.4 Å². The van der Waals surface area contributed by atoms with E-state index in [1.807, 2.05) is 17.0 Å². The van der Waals surface area contributed by atoms with Gasteiger partial charge >= 0.3 is 0 Å². The smallest absolute Gasteiger partial charge is 0.274 e. The number of aromatic nitrogens is 3. The van der Waals surface area contributed by atoms with E-state index in [1.54, 1.807) is 63.9 Å². The second-order valence-electron chi connectivity index (χ2n) is 13.0. The summed E-state index contributed by atoms with van der Waals surface area (Å²) in [5, 5.41) is 13.3. The van der Waals surface area contributed by atoms with Crippen molar-refractivity contribution in [2.45, 2.75) is 57.8 Å². The zero-order valence-corrected chi connectivity index (χ0v) is 31.3. The highest BCUT2D eigenvalue weighted by Gasteiger charge is 2.23. The lowest BCUT2D eigenvalue weighted by Crippen LogP contribution is -2.44. The van der Waals surface area contributed by atoms with Crippen molar-refractivity contribution >= 4 is 46.6 Å². The molecule has 0 bridgehead atoms. The molecule has 4 aromatic rings. The molecule has 6 rings (SSSR count). The molecular formula is C38H42Cl2N8O5. The number of ether oxygens (including phenoxy) is 2. The summed E-state index contributed by atoms with van der Waals surface area (Å²) in [4.78, 5) is 52.1. The lowest BCUT2D eigenvalue weighted by atomic mass is 10.0. The van der Waals surface area contributed by atoms with Gasteiger partial charge in [0.15, 0.2) is 0 Å². The second-order valence-corrected chi connectivity index (χ2v) is 13.7. The Hall–Kier alpha value is -4.82. The minimum atomic E-state index is -0.467. The minimum absolute atomic E-state index is 0.0798. The Morgan fingerprint density at radius 2 is 1.77 bits per heavy atom. The number of hydrogen-bond donors (Lipinski definition) is 4. The number of hydrogen-bond acceptors (Lipinski definition) is 10. The molecule has 1 aromatic carbocycles. The van der Waals surface area contributed by atoms with Crippen LogP contribution in [0.15, 0.2) is 54.9 Å². The number of amides is 3. The quantitative estimate of drug-likeness (QED) is 0.142. The van der Waals surface area contributed by atoms with Crippen molar-refractivity contribution in [2.24, 2.45) is 0 Å². The molecule has 5 heterocycles. The number of nitrogens with zero attached hydrogens (tertiary/aromatic N) is 4. The topological polar surface area (TPSA) is 160 Å². The second kappa shape index (κ2) is 17.3. The van der Waals surface area contributed by atoms with Crippen LogP contribution in [0.5, 0.6) is 11.6 Å². The summed E-state index contributed by atoms with van der Waals surface area (Å²) in [5.74, 6) is 0.686. The van der Waals surface area contributed by atoms with Gasteiger partial charge in [0.05, 0.1) is 41.3 Å². The molecule has 4 N–H and O–H groups in total. The average molecular weight is 762 g/mol. The summed E-state index contributed by atoms with van der Waals surface area (Å²) >= 11 is 13.9. The molecule has 0 saturated carbocycles. The Kier molecular flexibility index (Phi) is 12.4. The number of methoxy groups -OCH3 is 2. The first kappa shape index (κ1) is 37.9. The van der Waals surface area contributed by atoms with Crippen molar-refractivity contribution in [2.75, 3.05) is 39.2 Å². The van der Waals surface area contributed by atoms with Crippen LogP contribution >= 0.6 is 23.2 Å². The molecule has 2 saturated heterocycles. The van der Waals surface area contributed by atoms with Gasteiger partial charge in [0.25, 0.3) is 5.91 Å². The van der Waals surface area contributed by atoms with Crippen molar-refractivity contribution in [3.8, 4) is 34.1 Å². The molecule has 2 fully saturated rings. The molecule has 13 nitrogen and oxygen atoms in total. The predicted molar refractivity (Wildman–Crippen MR) is 203 cm³/mol. The summed E-state index contributed by atoms with van der Waals surface area (Å²) in [6.07, 6.45) is 6.34. The number of nitrogens with one attached hydrogen (secondary N) is 4. The standard InChI is InChI=1S/C38H42Cl2N8O5/c1-22(49)48-15-12-25(13-16-48)43-19-24-20-44-31(17-32(24)52-2)37(51)46-30-6-4-5-28(34(30)39)36-35(40)27(11-14-42-36)29-9-7-23(38(47-29)53-3)18-41-21-26-8-10-33(50)45-26/h4-7,9,11,14,17,20,25-26,41,43H,8,10,12-13,15-16,18-19,21H2,1-3H3,(H,45,50)(H,46,51)/t26-/m1/s1. The van der Waals surface area contributed by atoms with E-state index in [2.05, 4.69) is 31.2 Å². The van der Waals surface area contributed by atoms with E-state index in [9.17, 15) is 14.4 Å². The first-order valence-electron chi connectivity index (χ1n) is 17.5. The number of carbonyl (C=O) groups excluding carboxylic acids is 3. The van der Waals surface area contributed by atoms with Crippen molar-refractivity contribution in [1.29, 1.82) is 0 Å². The van der Waals surface area contributed by atoms with E-state index >= 15 is 0 Å². The number of likely N-dealkylation sites (tertiary alicyclic amines) is 1. The first-order valence-corrected chi connectivity index (χ1v) is 18.2. The molecule has 2 aliphatic rings. The Labute approximate surface area is 318 Å². The summed E-state index contributed by atoms with van der Waals surface area (Å²) in [6, 6.07) is 12.8. The van der Waals surface area contributed by atoms with Gasteiger partial charge in [0.1, 0.15) is 11.4 Å². The largest absolute Gasteiger partial charge is 0.496 e. The highest BCUT2D eigenvalue weighted by Crippen LogP contribution is 2.40. The lowest BCUT2D eigenvalue weighted by molar-refractivity contribution is -0.130. The third-order valence-corrected chi connectivity index (χ3v) is 10.3. The van der Waals surface area contributed by atoms with Gasteiger partial charge < -0.3 is 35.6 Å². The van der Waals surface area contributed by atoms with Crippen molar-refractivity contribution in [3.63, 3.8) is 0 Å². The molecule has 15 heteroatoms. The van der Waals surface area contributed by atoms with Crippen LogP contribution in [0.2, 0.25) is 10.0 Å².